The highest BCUT2D eigenvalue weighted by Gasteiger charge is 2.29. The van der Waals surface area contributed by atoms with Gasteiger partial charge in [0.25, 0.3) is 5.22 Å². The molecule has 0 aliphatic heterocycles. The first-order chi connectivity index (χ1) is 11.2. The number of hydrogen-bond acceptors (Lipinski definition) is 6. The van der Waals surface area contributed by atoms with Crippen LogP contribution >= 0.6 is 23.4 Å². The minimum absolute atomic E-state index is 0.0964. The van der Waals surface area contributed by atoms with Gasteiger partial charge in [0.2, 0.25) is 11.8 Å². The Bertz CT molecular complexity index is 658. The topological polar surface area (TPSA) is 77.2 Å². The number of nitrogens with zero attached hydrogens (tertiary/aromatic N) is 2. The van der Waals surface area contributed by atoms with Crippen molar-refractivity contribution in [3.05, 3.63) is 35.2 Å². The van der Waals surface area contributed by atoms with Crippen molar-refractivity contribution in [2.75, 3.05) is 18.9 Å². The van der Waals surface area contributed by atoms with Gasteiger partial charge in [-0.25, -0.2) is 0 Å². The Morgan fingerprint density at radius 1 is 1.35 bits per heavy atom. The number of rotatable bonds is 8. The number of carbonyl (C=O) groups excluding carboxylic acids is 1. The molecule has 0 bridgehead atoms. The van der Waals surface area contributed by atoms with E-state index in [2.05, 4.69) is 15.5 Å². The van der Waals surface area contributed by atoms with Gasteiger partial charge in [0.15, 0.2) is 0 Å². The van der Waals surface area contributed by atoms with E-state index in [0.717, 1.165) is 18.6 Å². The number of carbonyl (C=O) groups is 1. The van der Waals surface area contributed by atoms with Crippen LogP contribution < -0.4 is 10.1 Å². The normalized spacial score (nSPS) is 13.8. The molecule has 122 valence electrons. The molecule has 0 spiro atoms. The highest BCUT2D eigenvalue weighted by Crippen LogP contribution is 2.39. The quantitative estimate of drug-likeness (QED) is 0.581. The SMILES string of the molecule is O=C(CSc1nnc(C2CC2)o1)NCCOc1ccc(Cl)cc1. The Morgan fingerprint density at radius 3 is 2.87 bits per heavy atom. The van der Waals surface area contributed by atoms with Crippen LogP contribution in [0.5, 0.6) is 5.75 Å². The van der Waals surface area contributed by atoms with Gasteiger partial charge in [-0.1, -0.05) is 23.4 Å². The summed E-state index contributed by atoms with van der Waals surface area (Å²) in [7, 11) is 0. The Labute approximate surface area is 142 Å². The summed E-state index contributed by atoms with van der Waals surface area (Å²) in [6.45, 7) is 0.823. The van der Waals surface area contributed by atoms with Gasteiger partial charge < -0.3 is 14.5 Å². The van der Waals surface area contributed by atoms with Crippen LogP contribution in [-0.2, 0) is 4.79 Å². The third kappa shape index (κ3) is 5.14. The van der Waals surface area contributed by atoms with Crippen molar-refractivity contribution in [1.82, 2.24) is 15.5 Å². The number of halogens is 1. The van der Waals surface area contributed by atoms with Gasteiger partial charge in [-0.15, -0.1) is 10.2 Å². The van der Waals surface area contributed by atoms with Gasteiger partial charge in [-0.3, -0.25) is 4.79 Å². The fourth-order valence-electron chi connectivity index (χ4n) is 1.84. The van der Waals surface area contributed by atoms with E-state index in [1.807, 2.05) is 0 Å². The fraction of sp³-hybridized carbons (Fsp3) is 0.400. The highest BCUT2D eigenvalue weighted by atomic mass is 35.5. The summed E-state index contributed by atoms with van der Waals surface area (Å²) in [5, 5.41) is 11.8. The minimum atomic E-state index is -0.0964. The molecule has 0 unspecified atom stereocenters. The molecular formula is C15H16ClN3O3S. The lowest BCUT2D eigenvalue weighted by molar-refractivity contribution is -0.118. The van der Waals surface area contributed by atoms with E-state index in [-0.39, 0.29) is 11.7 Å². The first-order valence-corrected chi connectivity index (χ1v) is 8.68. The monoisotopic (exact) mass is 353 g/mol. The van der Waals surface area contributed by atoms with Gasteiger partial charge in [0, 0.05) is 10.9 Å². The third-order valence-corrected chi connectivity index (χ3v) is 4.25. The smallest absolute Gasteiger partial charge is 0.277 e. The first-order valence-electron chi connectivity index (χ1n) is 7.32. The van der Waals surface area contributed by atoms with Crippen LogP contribution in [-0.4, -0.2) is 35.0 Å². The van der Waals surface area contributed by atoms with E-state index in [1.165, 1.54) is 11.8 Å². The van der Waals surface area contributed by atoms with Gasteiger partial charge in [-0.05, 0) is 37.1 Å². The molecule has 2 aromatic rings. The molecule has 8 heteroatoms. The second kappa shape index (κ2) is 7.70. The lowest BCUT2D eigenvalue weighted by Gasteiger charge is -2.07. The Morgan fingerprint density at radius 2 is 2.13 bits per heavy atom. The summed E-state index contributed by atoms with van der Waals surface area (Å²) in [4.78, 5) is 11.7. The Hall–Kier alpha value is -1.73. The second-order valence-corrected chi connectivity index (χ2v) is 6.48. The summed E-state index contributed by atoms with van der Waals surface area (Å²) in [5.74, 6) is 1.98. The summed E-state index contributed by atoms with van der Waals surface area (Å²) < 4.78 is 11.0. The third-order valence-electron chi connectivity index (χ3n) is 3.18. The lowest BCUT2D eigenvalue weighted by atomic mass is 10.3. The number of amides is 1. The molecule has 1 aliphatic rings. The molecule has 1 saturated carbocycles. The maximum Gasteiger partial charge on any atom is 0.277 e. The number of nitrogens with one attached hydrogen (secondary N) is 1. The van der Waals surface area contributed by atoms with Crippen molar-refractivity contribution in [3.63, 3.8) is 0 Å². The van der Waals surface area contributed by atoms with Crippen LogP contribution in [0.3, 0.4) is 0 Å². The molecule has 6 nitrogen and oxygen atoms in total. The van der Waals surface area contributed by atoms with Gasteiger partial charge in [-0.2, -0.15) is 0 Å². The van der Waals surface area contributed by atoms with Crippen LogP contribution in [0.2, 0.25) is 5.02 Å². The van der Waals surface area contributed by atoms with Crippen LogP contribution in [0.1, 0.15) is 24.7 Å². The molecule has 1 N–H and O–H groups in total. The molecule has 1 aliphatic carbocycles. The number of benzene rings is 1. The average Bonchev–Trinajstić information content (AvgIpc) is 3.30. The molecular weight excluding hydrogens is 338 g/mol. The lowest BCUT2D eigenvalue weighted by Crippen LogP contribution is -2.29. The van der Waals surface area contributed by atoms with Crippen LogP contribution in [0, 0.1) is 0 Å². The van der Waals surface area contributed by atoms with E-state index in [4.69, 9.17) is 20.8 Å². The molecule has 3 rings (SSSR count). The summed E-state index contributed by atoms with van der Waals surface area (Å²) >= 11 is 7.03. The Balaban J connectivity index is 1.30. The molecule has 1 fully saturated rings. The summed E-state index contributed by atoms with van der Waals surface area (Å²) in [5.41, 5.74) is 0. The number of thioether (sulfide) groups is 1. The molecule has 0 atom stereocenters. The molecule has 1 aromatic carbocycles. The highest BCUT2D eigenvalue weighted by molar-refractivity contribution is 7.99. The first kappa shape index (κ1) is 16.1. The van der Waals surface area contributed by atoms with Crippen LogP contribution in [0.25, 0.3) is 0 Å². The number of aromatic nitrogens is 2. The zero-order chi connectivity index (χ0) is 16.1. The zero-order valence-electron chi connectivity index (χ0n) is 12.3. The van der Waals surface area contributed by atoms with Crippen LogP contribution in [0.15, 0.2) is 33.9 Å². The number of hydrogen-bond donors (Lipinski definition) is 1. The van der Waals surface area contributed by atoms with Gasteiger partial charge >= 0.3 is 0 Å². The van der Waals surface area contributed by atoms with Crippen LogP contribution in [0.4, 0.5) is 0 Å². The second-order valence-electron chi connectivity index (χ2n) is 5.12. The Kier molecular flexibility index (Phi) is 5.40. The van der Waals surface area contributed by atoms with Crippen molar-refractivity contribution in [2.45, 2.75) is 24.0 Å². The standard InChI is InChI=1S/C15H16ClN3O3S/c16-11-3-5-12(6-4-11)21-8-7-17-13(20)9-23-15-19-18-14(22-15)10-1-2-10/h3-6,10H,1-2,7-9H2,(H,17,20). The van der Waals surface area contributed by atoms with Crippen molar-refractivity contribution in [1.29, 1.82) is 0 Å². The number of ether oxygens (including phenoxy) is 1. The minimum Gasteiger partial charge on any atom is -0.492 e. The van der Waals surface area contributed by atoms with E-state index in [1.54, 1.807) is 24.3 Å². The molecule has 1 aromatic heterocycles. The van der Waals surface area contributed by atoms with E-state index in [0.29, 0.717) is 35.2 Å². The van der Waals surface area contributed by atoms with E-state index >= 15 is 0 Å². The van der Waals surface area contributed by atoms with Crippen molar-refractivity contribution in [2.24, 2.45) is 0 Å². The molecule has 0 saturated heterocycles. The predicted octanol–water partition coefficient (Wildman–Crippen LogP) is 2.89. The zero-order valence-corrected chi connectivity index (χ0v) is 13.9. The molecule has 23 heavy (non-hydrogen) atoms. The molecule has 1 heterocycles. The average molecular weight is 354 g/mol. The maximum atomic E-state index is 11.7. The van der Waals surface area contributed by atoms with Crippen molar-refractivity contribution < 1.29 is 13.9 Å². The van der Waals surface area contributed by atoms with Gasteiger partial charge in [0.1, 0.15) is 12.4 Å². The van der Waals surface area contributed by atoms with Crippen molar-refractivity contribution >= 4 is 29.3 Å². The summed E-state index contributed by atoms with van der Waals surface area (Å²) in [6, 6.07) is 7.08. The van der Waals surface area contributed by atoms with Gasteiger partial charge in [0.05, 0.1) is 12.3 Å². The van der Waals surface area contributed by atoms with Crippen molar-refractivity contribution in [3.8, 4) is 5.75 Å². The van der Waals surface area contributed by atoms with E-state index in [9.17, 15) is 4.79 Å². The van der Waals surface area contributed by atoms with E-state index < -0.39 is 0 Å². The predicted molar refractivity (Wildman–Crippen MR) is 87.0 cm³/mol. The summed E-state index contributed by atoms with van der Waals surface area (Å²) in [6.07, 6.45) is 2.22. The largest absolute Gasteiger partial charge is 0.492 e. The maximum absolute atomic E-state index is 11.7. The molecule has 0 radical (unpaired) electrons. The fourth-order valence-corrected chi connectivity index (χ4v) is 2.57. The molecule has 1 amide bonds.